The Labute approximate surface area is 128 Å². The maximum Gasteiger partial charge on any atom is 0.263 e. The van der Waals surface area contributed by atoms with Crippen LogP contribution in [0.1, 0.15) is 29.2 Å². The molecule has 0 aliphatic heterocycles. The highest BCUT2D eigenvalue weighted by Crippen LogP contribution is 2.28. The molecule has 0 unspecified atom stereocenters. The molecule has 2 rings (SSSR count). The van der Waals surface area contributed by atoms with Crippen LogP contribution in [-0.4, -0.2) is 17.4 Å². The Balaban J connectivity index is 2.21. The van der Waals surface area contributed by atoms with Crippen molar-refractivity contribution in [3.63, 3.8) is 0 Å². The highest BCUT2D eigenvalue weighted by Gasteiger charge is 2.16. The molecule has 1 heterocycles. The third kappa shape index (κ3) is 3.58. The standard InChI is InChI=1S/C15H17ClN2OS/c1-9(2)8-17-14(19)13-10(3)18-15(20-13)11-4-6-12(16)7-5-11/h4-7,9H,8H2,1-3H3,(H,17,19). The highest BCUT2D eigenvalue weighted by molar-refractivity contribution is 7.17. The second kappa shape index (κ2) is 6.37. The Kier molecular flexibility index (Phi) is 4.78. The fourth-order valence-electron chi connectivity index (χ4n) is 1.70. The number of nitrogens with one attached hydrogen (secondary N) is 1. The van der Waals surface area contributed by atoms with Crippen LogP contribution in [0, 0.1) is 12.8 Å². The smallest absolute Gasteiger partial charge is 0.263 e. The topological polar surface area (TPSA) is 42.0 Å². The van der Waals surface area contributed by atoms with Gasteiger partial charge in [-0.05, 0) is 25.0 Å². The number of rotatable bonds is 4. The summed E-state index contributed by atoms with van der Waals surface area (Å²) < 4.78 is 0. The molecular weight excluding hydrogens is 292 g/mol. The van der Waals surface area contributed by atoms with Crippen molar-refractivity contribution in [2.75, 3.05) is 6.54 Å². The first-order chi connectivity index (χ1) is 9.47. The molecule has 5 heteroatoms. The first-order valence-corrected chi connectivity index (χ1v) is 7.68. The normalized spacial score (nSPS) is 10.8. The minimum atomic E-state index is -0.0473. The third-order valence-electron chi connectivity index (χ3n) is 2.76. The summed E-state index contributed by atoms with van der Waals surface area (Å²) in [6, 6.07) is 7.48. The maximum absolute atomic E-state index is 12.1. The fraction of sp³-hybridized carbons (Fsp3) is 0.333. The number of hydrogen-bond acceptors (Lipinski definition) is 3. The van der Waals surface area contributed by atoms with Gasteiger partial charge >= 0.3 is 0 Å². The number of amides is 1. The molecule has 1 amide bonds. The zero-order valence-corrected chi connectivity index (χ0v) is 13.3. The predicted octanol–water partition coefficient (Wildman–Crippen LogP) is 4.16. The lowest BCUT2D eigenvalue weighted by Crippen LogP contribution is -2.27. The van der Waals surface area contributed by atoms with Gasteiger partial charge < -0.3 is 5.32 Å². The van der Waals surface area contributed by atoms with E-state index in [-0.39, 0.29) is 5.91 Å². The van der Waals surface area contributed by atoms with E-state index >= 15 is 0 Å². The van der Waals surface area contributed by atoms with Crippen LogP contribution in [-0.2, 0) is 0 Å². The number of aromatic nitrogens is 1. The molecular formula is C15H17ClN2OS. The molecule has 0 saturated carbocycles. The molecule has 0 aliphatic rings. The number of thiazole rings is 1. The van der Waals surface area contributed by atoms with E-state index in [0.29, 0.717) is 22.4 Å². The van der Waals surface area contributed by atoms with Crippen LogP contribution in [0.4, 0.5) is 0 Å². The van der Waals surface area contributed by atoms with Gasteiger partial charge in [0.2, 0.25) is 0 Å². The van der Waals surface area contributed by atoms with Crippen molar-refractivity contribution in [1.29, 1.82) is 0 Å². The van der Waals surface area contributed by atoms with Gasteiger partial charge in [-0.15, -0.1) is 11.3 Å². The lowest BCUT2D eigenvalue weighted by molar-refractivity contribution is 0.0952. The van der Waals surface area contributed by atoms with Crippen molar-refractivity contribution in [1.82, 2.24) is 10.3 Å². The second-order valence-corrected chi connectivity index (χ2v) is 6.48. The molecule has 1 N–H and O–H groups in total. The van der Waals surface area contributed by atoms with E-state index in [0.717, 1.165) is 16.3 Å². The van der Waals surface area contributed by atoms with Gasteiger partial charge in [0, 0.05) is 17.1 Å². The van der Waals surface area contributed by atoms with Crippen molar-refractivity contribution in [3.8, 4) is 10.6 Å². The molecule has 0 saturated heterocycles. The number of nitrogens with zero attached hydrogens (tertiary/aromatic N) is 1. The number of carbonyl (C=O) groups is 1. The minimum absolute atomic E-state index is 0.0473. The first-order valence-electron chi connectivity index (χ1n) is 6.49. The zero-order valence-electron chi connectivity index (χ0n) is 11.7. The van der Waals surface area contributed by atoms with E-state index in [1.54, 1.807) is 0 Å². The Bertz CT molecular complexity index is 605. The van der Waals surface area contributed by atoms with E-state index in [2.05, 4.69) is 24.1 Å². The van der Waals surface area contributed by atoms with Crippen molar-refractivity contribution >= 4 is 28.8 Å². The zero-order chi connectivity index (χ0) is 14.7. The van der Waals surface area contributed by atoms with E-state index in [9.17, 15) is 4.79 Å². The number of benzene rings is 1. The molecule has 106 valence electrons. The highest BCUT2D eigenvalue weighted by atomic mass is 35.5. The summed E-state index contributed by atoms with van der Waals surface area (Å²) in [4.78, 5) is 17.3. The molecule has 0 aliphatic carbocycles. The van der Waals surface area contributed by atoms with Crippen molar-refractivity contribution in [2.24, 2.45) is 5.92 Å². The van der Waals surface area contributed by atoms with Crippen molar-refractivity contribution in [2.45, 2.75) is 20.8 Å². The Morgan fingerprint density at radius 3 is 2.60 bits per heavy atom. The van der Waals surface area contributed by atoms with Gasteiger partial charge in [0.05, 0.1) is 5.69 Å². The van der Waals surface area contributed by atoms with Crippen LogP contribution >= 0.6 is 22.9 Å². The summed E-state index contributed by atoms with van der Waals surface area (Å²) in [6.07, 6.45) is 0. The third-order valence-corrected chi connectivity index (χ3v) is 4.22. The van der Waals surface area contributed by atoms with Crippen LogP contribution in [0.3, 0.4) is 0 Å². The van der Waals surface area contributed by atoms with Gasteiger partial charge in [-0.3, -0.25) is 4.79 Å². The summed E-state index contributed by atoms with van der Waals surface area (Å²) >= 11 is 7.29. The summed E-state index contributed by atoms with van der Waals surface area (Å²) in [5.41, 5.74) is 1.74. The average molecular weight is 309 g/mol. The van der Waals surface area contributed by atoms with Gasteiger partial charge in [0.15, 0.2) is 0 Å². The van der Waals surface area contributed by atoms with Crippen LogP contribution in [0.25, 0.3) is 10.6 Å². The van der Waals surface area contributed by atoms with E-state index in [1.165, 1.54) is 11.3 Å². The molecule has 0 atom stereocenters. The number of carbonyl (C=O) groups excluding carboxylic acids is 1. The molecule has 2 aromatic rings. The molecule has 0 bridgehead atoms. The second-order valence-electron chi connectivity index (χ2n) is 5.04. The first kappa shape index (κ1) is 15.0. The molecule has 1 aromatic heterocycles. The van der Waals surface area contributed by atoms with Crippen LogP contribution in [0.2, 0.25) is 5.02 Å². The monoisotopic (exact) mass is 308 g/mol. The van der Waals surface area contributed by atoms with Crippen LogP contribution < -0.4 is 5.32 Å². The van der Waals surface area contributed by atoms with Crippen LogP contribution in [0.5, 0.6) is 0 Å². The predicted molar refractivity (Wildman–Crippen MR) is 84.5 cm³/mol. The van der Waals surface area contributed by atoms with Gasteiger partial charge in [-0.1, -0.05) is 37.6 Å². The average Bonchev–Trinajstić information content (AvgIpc) is 2.79. The van der Waals surface area contributed by atoms with E-state index in [4.69, 9.17) is 11.6 Å². The lowest BCUT2D eigenvalue weighted by atomic mass is 10.2. The van der Waals surface area contributed by atoms with Gasteiger partial charge in [-0.25, -0.2) is 4.98 Å². The lowest BCUT2D eigenvalue weighted by Gasteiger charge is -2.06. The molecule has 1 aromatic carbocycles. The Morgan fingerprint density at radius 2 is 2.00 bits per heavy atom. The number of hydrogen-bond donors (Lipinski definition) is 1. The summed E-state index contributed by atoms with van der Waals surface area (Å²) in [6.45, 7) is 6.67. The Hall–Kier alpha value is -1.39. The molecule has 0 spiro atoms. The van der Waals surface area contributed by atoms with E-state index < -0.39 is 0 Å². The Morgan fingerprint density at radius 1 is 1.35 bits per heavy atom. The summed E-state index contributed by atoms with van der Waals surface area (Å²) in [5, 5.41) is 4.46. The molecule has 20 heavy (non-hydrogen) atoms. The minimum Gasteiger partial charge on any atom is -0.351 e. The van der Waals surface area contributed by atoms with Gasteiger partial charge in [0.1, 0.15) is 9.88 Å². The van der Waals surface area contributed by atoms with Gasteiger partial charge in [0.25, 0.3) is 5.91 Å². The van der Waals surface area contributed by atoms with Crippen LogP contribution in [0.15, 0.2) is 24.3 Å². The van der Waals surface area contributed by atoms with Crippen molar-refractivity contribution < 1.29 is 4.79 Å². The maximum atomic E-state index is 12.1. The quantitative estimate of drug-likeness (QED) is 0.921. The summed E-state index contributed by atoms with van der Waals surface area (Å²) in [5.74, 6) is 0.386. The largest absolute Gasteiger partial charge is 0.351 e. The van der Waals surface area contributed by atoms with Gasteiger partial charge in [-0.2, -0.15) is 0 Å². The molecule has 3 nitrogen and oxygen atoms in total. The summed E-state index contributed by atoms with van der Waals surface area (Å²) in [7, 11) is 0. The molecule has 0 fully saturated rings. The number of aryl methyl sites for hydroxylation is 1. The fourth-order valence-corrected chi connectivity index (χ4v) is 2.81. The van der Waals surface area contributed by atoms with E-state index in [1.807, 2.05) is 31.2 Å². The number of halogens is 1. The SMILES string of the molecule is Cc1nc(-c2ccc(Cl)cc2)sc1C(=O)NCC(C)C. The molecule has 0 radical (unpaired) electrons. The van der Waals surface area contributed by atoms with Crippen molar-refractivity contribution in [3.05, 3.63) is 39.9 Å².